The van der Waals surface area contributed by atoms with Crippen LogP contribution in [0.5, 0.6) is 5.75 Å². The summed E-state index contributed by atoms with van der Waals surface area (Å²) in [6, 6.07) is 8.30. The van der Waals surface area contributed by atoms with Crippen LogP contribution in [-0.4, -0.2) is 48.8 Å². The first-order chi connectivity index (χ1) is 13.0. The first-order valence-electron chi connectivity index (χ1n) is 10.4. The number of piperidine rings is 1. The molecule has 5 nitrogen and oxygen atoms in total. The summed E-state index contributed by atoms with van der Waals surface area (Å²) in [5.41, 5.74) is 0.0540. The molecule has 150 valence electrons. The van der Waals surface area contributed by atoms with E-state index < -0.39 is 5.60 Å². The fourth-order valence-corrected chi connectivity index (χ4v) is 3.96. The molecule has 2 aliphatic rings. The smallest absolute Gasteiger partial charge is 0.256 e. The predicted octanol–water partition coefficient (Wildman–Crippen LogP) is 4.08. The molecule has 0 radical (unpaired) electrons. The molecule has 1 heterocycles. The van der Waals surface area contributed by atoms with Gasteiger partial charge in [-0.25, -0.2) is 0 Å². The Morgan fingerprint density at radius 2 is 1.96 bits per heavy atom. The molecule has 1 N–H and O–H groups in total. The van der Waals surface area contributed by atoms with Crippen LogP contribution in [0.3, 0.4) is 0 Å². The lowest BCUT2D eigenvalue weighted by atomic mass is 9.99. The van der Waals surface area contributed by atoms with Gasteiger partial charge in [0.25, 0.3) is 5.91 Å². The predicted molar refractivity (Wildman–Crippen MR) is 108 cm³/mol. The number of amides is 1. The van der Waals surface area contributed by atoms with Gasteiger partial charge >= 0.3 is 0 Å². The minimum atomic E-state index is -0.727. The van der Waals surface area contributed by atoms with Gasteiger partial charge in [0.2, 0.25) is 0 Å². The van der Waals surface area contributed by atoms with Crippen molar-refractivity contribution in [3.8, 4) is 5.75 Å². The van der Waals surface area contributed by atoms with Gasteiger partial charge in [-0.05, 0) is 83.2 Å². The number of carbonyl (C=O) groups excluding carboxylic acids is 1. The third-order valence-electron chi connectivity index (χ3n) is 5.95. The standard InChI is InChI=1S/C22H34N2O3/c1-4-27-22(3,18-8-9-18)21(25)23-19-10-12-20(13-11-19)26-16-15-24-14-6-5-7-17(24)2/h10-13,17-18H,4-9,14-16H2,1-3H3,(H,23,25). The molecule has 0 aromatic heterocycles. The zero-order valence-electron chi connectivity index (χ0n) is 17.0. The summed E-state index contributed by atoms with van der Waals surface area (Å²) in [6.07, 6.45) is 6.05. The van der Waals surface area contributed by atoms with Crippen LogP contribution in [0.1, 0.15) is 52.9 Å². The van der Waals surface area contributed by atoms with Crippen molar-refractivity contribution in [1.82, 2.24) is 4.90 Å². The lowest BCUT2D eigenvalue weighted by Crippen LogP contribution is -2.44. The maximum atomic E-state index is 12.7. The molecule has 2 unspecified atom stereocenters. The Kier molecular flexibility index (Phi) is 6.77. The summed E-state index contributed by atoms with van der Waals surface area (Å²) in [7, 11) is 0. The monoisotopic (exact) mass is 374 g/mol. The number of nitrogens with zero attached hydrogens (tertiary/aromatic N) is 1. The fourth-order valence-electron chi connectivity index (χ4n) is 3.96. The summed E-state index contributed by atoms with van der Waals surface area (Å²) < 4.78 is 11.7. The normalized spacial score (nSPS) is 22.9. The van der Waals surface area contributed by atoms with Crippen LogP contribution in [0.15, 0.2) is 24.3 Å². The van der Waals surface area contributed by atoms with Gasteiger partial charge in [-0.2, -0.15) is 0 Å². The SMILES string of the molecule is CCOC(C)(C(=O)Nc1ccc(OCCN2CCCCC2C)cc1)C1CC1. The van der Waals surface area contributed by atoms with E-state index in [0.29, 0.717) is 25.2 Å². The Hall–Kier alpha value is -1.59. The van der Waals surface area contributed by atoms with Crippen LogP contribution in [0, 0.1) is 5.92 Å². The minimum Gasteiger partial charge on any atom is -0.492 e. The van der Waals surface area contributed by atoms with E-state index in [-0.39, 0.29) is 5.91 Å². The Morgan fingerprint density at radius 1 is 1.22 bits per heavy atom. The van der Waals surface area contributed by atoms with Crippen LogP contribution >= 0.6 is 0 Å². The molecule has 1 aliphatic heterocycles. The summed E-state index contributed by atoms with van der Waals surface area (Å²) >= 11 is 0. The van der Waals surface area contributed by atoms with Gasteiger partial charge in [0.05, 0.1) is 0 Å². The Bertz CT molecular complexity index is 614. The molecular formula is C22H34N2O3. The quantitative estimate of drug-likeness (QED) is 0.707. The first kappa shape index (κ1) is 20.2. The molecule has 1 aromatic rings. The van der Waals surface area contributed by atoms with Gasteiger partial charge in [0.1, 0.15) is 18.0 Å². The van der Waals surface area contributed by atoms with E-state index in [1.165, 1.54) is 25.8 Å². The molecule has 1 saturated heterocycles. The van der Waals surface area contributed by atoms with Crippen molar-refractivity contribution < 1.29 is 14.3 Å². The molecule has 1 amide bonds. The van der Waals surface area contributed by atoms with E-state index in [2.05, 4.69) is 17.1 Å². The molecule has 0 spiro atoms. The largest absolute Gasteiger partial charge is 0.492 e. The van der Waals surface area contributed by atoms with E-state index in [9.17, 15) is 4.79 Å². The highest BCUT2D eigenvalue weighted by molar-refractivity contribution is 5.97. The topological polar surface area (TPSA) is 50.8 Å². The Labute approximate surface area is 163 Å². The highest BCUT2D eigenvalue weighted by Crippen LogP contribution is 2.42. The zero-order valence-corrected chi connectivity index (χ0v) is 17.0. The Morgan fingerprint density at radius 3 is 2.59 bits per heavy atom. The molecule has 0 bridgehead atoms. The molecule has 1 aliphatic carbocycles. The molecule has 1 aromatic carbocycles. The number of benzene rings is 1. The molecule has 1 saturated carbocycles. The second-order valence-electron chi connectivity index (χ2n) is 8.02. The van der Waals surface area contributed by atoms with Gasteiger partial charge in [-0.15, -0.1) is 0 Å². The van der Waals surface area contributed by atoms with Gasteiger partial charge in [-0.3, -0.25) is 9.69 Å². The molecule has 3 rings (SSSR count). The van der Waals surface area contributed by atoms with E-state index in [4.69, 9.17) is 9.47 Å². The lowest BCUT2D eigenvalue weighted by molar-refractivity contribution is -0.141. The van der Waals surface area contributed by atoms with Gasteiger partial charge in [0, 0.05) is 24.9 Å². The van der Waals surface area contributed by atoms with Gasteiger partial charge < -0.3 is 14.8 Å². The summed E-state index contributed by atoms with van der Waals surface area (Å²) in [6.45, 7) is 9.52. The maximum Gasteiger partial charge on any atom is 0.256 e. The van der Waals surface area contributed by atoms with Gasteiger partial charge in [-0.1, -0.05) is 6.42 Å². The molecule has 27 heavy (non-hydrogen) atoms. The number of hydrogen-bond donors (Lipinski definition) is 1. The van der Waals surface area contributed by atoms with E-state index >= 15 is 0 Å². The van der Waals surface area contributed by atoms with E-state index in [1.54, 1.807) is 0 Å². The third kappa shape index (κ3) is 5.23. The summed E-state index contributed by atoms with van der Waals surface area (Å²) in [5, 5.41) is 3.00. The molecule has 2 fully saturated rings. The van der Waals surface area contributed by atoms with Crippen LogP contribution in [0.4, 0.5) is 5.69 Å². The van der Waals surface area contributed by atoms with Crippen molar-refractivity contribution in [2.24, 2.45) is 5.92 Å². The van der Waals surface area contributed by atoms with Crippen LogP contribution < -0.4 is 10.1 Å². The van der Waals surface area contributed by atoms with E-state index in [1.807, 2.05) is 38.1 Å². The summed E-state index contributed by atoms with van der Waals surface area (Å²) in [5.74, 6) is 1.12. The van der Waals surface area contributed by atoms with Crippen molar-refractivity contribution in [2.75, 3.05) is 31.6 Å². The number of anilines is 1. The number of nitrogens with one attached hydrogen (secondary N) is 1. The minimum absolute atomic E-state index is 0.0559. The maximum absolute atomic E-state index is 12.7. The van der Waals surface area contributed by atoms with Crippen molar-refractivity contribution in [1.29, 1.82) is 0 Å². The highest BCUT2D eigenvalue weighted by Gasteiger charge is 2.48. The highest BCUT2D eigenvalue weighted by atomic mass is 16.5. The zero-order chi connectivity index (χ0) is 19.3. The van der Waals surface area contributed by atoms with Crippen molar-refractivity contribution in [3.63, 3.8) is 0 Å². The second-order valence-corrected chi connectivity index (χ2v) is 8.02. The number of likely N-dealkylation sites (tertiary alicyclic amines) is 1. The number of hydrogen-bond acceptors (Lipinski definition) is 4. The van der Waals surface area contributed by atoms with Crippen LogP contribution in [0.2, 0.25) is 0 Å². The number of ether oxygens (including phenoxy) is 2. The third-order valence-corrected chi connectivity index (χ3v) is 5.95. The summed E-state index contributed by atoms with van der Waals surface area (Å²) in [4.78, 5) is 15.2. The second kappa shape index (κ2) is 9.07. The average molecular weight is 375 g/mol. The fraction of sp³-hybridized carbons (Fsp3) is 0.682. The van der Waals surface area contributed by atoms with E-state index in [0.717, 1.165) is 30.8 Å². The van der Waals surface area contributed by atoms with Crippen molar-refractivity contribution >= 4 is 11.6 Å². The average Bonchev–Trinajstić information content (AvgIpc) is 3.50. The first-order valence-corrected chi connectivity index (χ1v) is 10.4. The Balaban J connectivity index is 1.47. The van der Waals surface area contributed by atoms with Crippen LogP contribution in [0.25, 0.3) is 0 Å². The van der Waals surface area contributed by atoms with Crippen molar-refractivity contribution in [3.05, 3.63) is 24.3 Å². The van der Waals surface area contributed by atoms with Gasteiger partial charge in [0.15, 0.2) is 0 Å². The molecule has 2 atom stereocenters. The number of rotatable bonds is 9. The van der Waals surface area contributed by atoms with Crippen molar-refractivity contribution in [2.45, 2.75) is 64.5 Å². The number of carbonyl (C=O) groups is 1. The van der Waals surface area contributed by atoms with Crippen LogP contribution in [-0.2, 0) is 9.53 Å². The molecular weight excluding hydrogens is 340 g/mol. The molecule has 5 heteroatoms. The lowest BCUT2D eigenvalue weighted by Gasteiger charge is -2.33.